The van der Waals surface area contributed by atoms with E-state index in [0.717, 1.165) is 12.8 Å². The highest BCUT2D eigenvalue weighted by atomic mass is 16.5. The van der Waals surface area contributed by atoms with Crippen molar-refractivity contribution in [3.05, 3.63) is 89.0 Å². The molecule has 0 radical (unpaired) electrons. The highest BCUT2D eigenvalue weighted by molar-refractivity contribution is 5.97. The number of aromatic nitrogens is 3. The van der Waals surface area contributed by atoms with E-state index in [9.17, 15) is 14.9 Å². The number of ether oxygens (including phenoxy) is 2. The number of para-hydroxylation sites is 1. The number of nitrogen functional groups attached to an aromatic ring is 1. The number of nitriles is 1. The summed E-state index contributed by atoms with van der Waals surface area (Å²) in [7, 11) is 0. The number of pyridine rings is 1. The molecule has 2 fully saturated rings. The quantitative estimate of drug-likeness (QED) is 0.252. The van der Waals surface area contributed by atoms with Crippen molar-refractivity contribution >= 4 is 22.8 Å². The molecule has 2 aliphatic heterocycles. The fraction of sp³-hybridized carbons (Fsp3) is 0.333. The van der Waals surface area contributed by atoms with Gasteiger partial charge in [-0.1, -0.05) is 31.2 Å². The highest BCUT2D eigenvalue weighted by Crippen LogP contribution is 2.34. The van der Waals surface area contributed by atoms with Crippen LogP contribution in [-0.2, 0) is 9.53 Å². The van der Waals surface area contributed by atoms with E-state index < -0.39 is 0 Å². The first-order chi connectivity index (χ1) is 20.9. The van der Waals surface area contributed by atoms with Crippen molar-refractivity contribution in [1.82, 2.24) is 19.0 Å². The smallest absolute Gasteiger partial charge is 0.334 e. The summed E-state index contributed by atoms with van der Waals surface area (Å²) >= 11 is 0. The minimum Gasteiger partial charge on any atom is -0.457 e. The number of nitrogens with two attached hydrogens (primary N) is 1. The minimum atomic E-state index is -0.299. The lowest BCUT2D eigenvalue weighted by Gasteiger charge is -2.34. The zero-order valence-electron chi connectivity index (χ0n) is 24.1. The maximum atomic E-state index is 14.1. The van der Waals surface area contributed by atoms with E-state index in [1.807, 2.05) is 48.5 Å². The van der Waals surface area contributed by atoms with E-state index in [2.05, 4.69) is 18.0 Å². The number of anilines is 1. The number of benzene rings is 2. The Kier molecular flexibility index (Phi) is 7.74. The summed E-state index contributed by atoms with van der Waals surface area (Å²) in [6.07, 6.45) is 6.33. The van der Waals surface area contributed by atoms with Crippen molar-refractivity contribution in [3.63, 3.8) is 0 Å². The molecule has 2 saturated heterocycles. The third-order valence-electron chi connectivity index (χ3n) is 8.41. The summed E-state index contributed by atoms with van der Waals surface area (Å²) < 4.78 is 14.7. The second-order valence-electron chi connectivity index (χ2n) is 11.4. The summed E-state index contributed by atoms with van der Waals surface area (Å²) in [4.78, 5) is 33.7. The van der Waals surface area contributed by atoms with Gasteiger partial charge in [-0.2, -0.15) is 5.26 Å². The third-order valence-corrected chi connectivity index (χ3v) is 8.41. The Morgan fingerprint density at radius 1 is 1.12 bits per heavy atom. The number of likely N-dealkylation sites (tertiary alicyclic amines) is 1. The van der Waals surface area contributed by atoms with Crippen molar-refractivity contribution in [2.24, 2.45) is 5.41 Å². The Hall–Kier alpha value is -4.88. The summed E-state index contributed by atoms with van der Waals surface area (Å²) in [6.45, 7) is 4.11. The Balaban J connectivity index is 1.31. The van der Waals surface area contributed by atoms with Gasteiger partial charge in [0.25, 0.3) is 5.91 Å². The van der Waals surface area contributed by atoms with Gasteiger partial charge in [-0.05, 0) is 73.6 Å². The average molecular weight is 579 g/mol. The summed E-state index contributed by atoms with van der Waals surface area (Å²) in [5.41, 5.74) is 7.74. The second-order valence-corrected chi connectivity index (χ2v) is 11.4. The van der Waals surface area contributed by atoms with Gasteiger partial charge in [0, 0.05) is 32.5 Å². The van der Waals surface area contributed by atoms with Crippen LogP contribution in [0.5, 0.6) is 11.5 Å². The number of hydrogen-bond donors (Lipinski definition) is 1. The van der Waals surface area contributed by atoms with E-state index in [4.69, 9.17) is 15.2 Å². The third kappa shape index (κ3) is 5.64. The molecule has 0 unspecified atom stereocenters. The SMILES string of the molecule is CC1(/C=C(/C#N)C(=O)N2CCC[C@@H](n3c(=O)n(-c4ccc(Oc5ccccc5)cc4)c4c(N)nccc43)C2)CCOCC1. The van der Waals surface area contributed by atoms with Crippen LogP contribution in [0.25, 0.3) is 16.7 Å². The van der Waals surface area contributed by atoms with Gasteiger partial charge < -0.3 is 20.1 Å². The molecule has 10 heteroatoms. The van der Waals surface area contributed by atoms with Gasteiger partial charge in [-0.3, -0.25) is 13.9 Å². The maximum absolute atomic E-state index is 14.1. The van der Waals surface area contributed by atoms with Crippen molar-refractivity contribution in [1.29, 1.82) is 5.26 Å². The van der Waals surface area contributed by atoms with Crippen LogP contribution >= 0.6 is 0 Å². The van der Waals surface area contributed by atoms with Crippen LogP contribution in [-0.4, -0.2) is 51.2 Å². The predicted molar refractivity (Wildman–Crippen MR) is 163 cm³/mol. The predicted octanol–water partition coefficient (Wildman–Crippen LogP) is 4.99. The van der Waals surface area contributed by atoms with E-state index in [-0.39, 0.29) is 34.4 Å². The number of amides is 1. The lowest BCUT2D eigenvalue weighted by atomic mass is 9.80. The van der Waals surface area contributed by atoms with Gasteiger partial charge in [-0.25, -0.2) is 9.78 Å². The molecule has 220 valence electrons. The molecular formula is C33H34N6O4. The Labute approximate surface area is 249 Å². The number of allylic oxidation sites excluding steroid dienone is 1. The van der Waals surface area contributed by atoms with Gasteiger partial charge in [0.1, 0.15) is 34.5 Å². The second kappa shape index (κ2) is 11.8. The van der Waals surface area contributed by atoms with Crippen molar-refractivity contribution in [2.45, 2.75) is 38.6 Å². The lowest BCUT2D eigenvalue weighted by molar-refractivity contribution is -0.128. The van der Waals surface area contributed by atoms with Crippen molar-refractivity contribution < 1.29 is 14.3 Å². The molecule has 4 heterocycles. The number of carbonyl (C=O) groups is 1. The van der Waals surface area contributed by atoms with Gasteiger partial charge in [-0.15, -0.1) is 0 Å². The average Bonchev–Trinajstić information content (AvgIpc) is 3.33. The monoisotopic (exact) mass is 578 g/mol. The van der Waals surface area contributed by atoms with Crippen molar-refractivity contribution in [3.8, 4) is 23.3 Å². The van der Waals surface area contributed by atoms with Gasteiger partial charge in [0.2, 0.25) is 0 Å². The van der Waals surface area contributed by atoms with Gasteiger partial charge >= 0.3 is 5.69 Å². The number of nitrogens with zero attached hydrogens (tertiary/aromatic N) is 5. The van der Waals surface area contributed by atoms with Crippen LogP contribution in [0.4, 0.5) is 5.82 Å². The Bertz CT molecular complexity index is 1760. The lowest BCUT2D eigenvalue weighted by Crippen LogP contribution is -2.43. The van der Waals surface area contributed by atoms with Crippen LogP contribution < -0.4 is 16.2 Å². The number of hydrogen-bond acceptors (Lipinski definition) is 7. The molecular weight excluding hydrogens is 544 g/mol. The summed E-state index contributed by atoms with van der Waals surface area (Å²) in [6, 6.07) is 20.3. The molecule has 10 nitrogen and oxygen atoms in total. The van der Waals surface area contributed by atoms with Crippen LogP contribution in [0.2, 0.25) is 0 Å². The molecule has 2 aromatic carbocycles. The fourth-order valence-electron chi connectivity index (χ4n) is 6.06. The number of piperidine rings is 1. The molecule has 0 saturated carbocycles. The van der Waals surface area contributed by atoms with Crippen LogP contribution in [0.1, 0.15) is 38.6 Å². The largest absolute Gasteiger partial charge is 0.457 e. The molecule has 6 rings (SSSR count). The fourth-order valence-corrected chi connectivity index (χ4v) is 6.06. The summed E-state index contributed by atoms with van der Waals surface area (Å²) in [5.74, 6) is 1.29. The molecule has 1 amide bonds. The van der Waals surface area contributed by atoms with Crippen LogP contribution in [0.15, 0.2) is 83.3 Å². The van der Waals surface area contributed by atoms with E-state index >= 15 is 0 Å². The molecule has 0 aliphatic carbocycles. The molecule has 1 atom stereocenters. The van der Waals surface area contributed by atoms with E-state index in [0.29, 0.717) is 67.4 Å². The standard InChI is InChI=1S/C33H34N6O4/c1-33(14-18-42-19-15-33)20-23(21-34)31(40)37-17-5-6-25(22-37)38-28-13-16-36-30(35)29(28)39(32(38)41)24-9-11-27(12-10-24)43-26-7-3-2-4-8-26/h2-4,7-13,16,20,25H,5-6,14-15,17-19,22H2,1H3,(H2,35,36)/b23-20-/t25-/m1/s1. The van der Waals surface area contributed by atoms with E-state index in [1.54, 1.807) is 38.4 Å². The normalized spacial score (nSPS) is 18.7. The molecule has 2 aliphatic rings. The zero-order chi connectivity index (χ0) is 30.0. The van der Waals surface area contributed by atoms with Crippen molar-refractivity contribution in [2.75, 3.05) is 32.0 Å². The van der Waals surface area contributed by atoms with Gasteiger partial charge in [0.05, 0.1) is 17.2 Å². The maximum Gasteiger partial charge on any atom is 0.334 e. The minimum absolute atomic E-state index is 0.145. The number of rotatable bonds is 6. The molecule has 2 aromatic heterocycles. The molecule has 43 heavy (non-hydrogen) atoms. The highest BCUT2D eigenvalue weighted by Gasteiger charge is 2.32. The molecule has 4 aromatic rings. The molecule has 0 bridgehead atoms. The van der Waals surface area contributed by atoms with Gasteiger partial charge in [0.15, 0.2) is 0 Å². The summed E-state index contributed by atoms with van der Waals surface area (Å²) in [5, 5.41) is 9.92. The Morgan fingerprint density at radius 3 is 2.56 bits per heavy atom. The van der Waals surface area contributed by atoms with E-state index in [1.165, 1.54) is 0 Å². The molecule has 0 spiro atoms. The number of imidazole rings is 1. The first-order valence-electron chi connectivity index (χ1n) is 14.6. The number of carbonyl (C=O) groups excluding carboxylic acids is 1. The number of fused-ring (bicyclic) bond motifs is 1. The first kappa shape index (κ1) is 28.2. The van der Waals surface area contributed by atoms with Crippen LogP contribution in [0.3, 0.4) is 0 Å². The zero-order valence-corrected chi connectivity index (χ0v) is 24.1. The molecule has 2 N–H and O–H groups in total. The first-order valence-corrected chi connectivity index (χ1v) is 14.6. The Morgan fingerprint density at radius 2 is 1.84 bits per heavy atom. The topological polar surface area (TPSA) is 128 Å². The van der Waals surface area contributed by atoms with Crippen LogP contribution in [0, 0.1) is 16.7 Å².